The number of amides is 2. The second-order valence-electron chi connectivity index (χ2n) is 5.35. The molecule has 2 amide bonds. The maximum Gasteiger partial charge on any atom is 0.311 e. The normalized spacial score (nSPS) is 17.2. The molecule has 8 nitrogen and oxygen atoms in total. The molecule has 1 aromatic rings. The first-order chi connectivity index (χ1) is 11.5. The minimum absolute atomic E-state index is 0.0469. The summed E-state index contributed by atoms with van der Waals surface area (Å²) in [4.78, 5) is 41.4. The predicted molar refractivity (Wildman–Crippen MR) is 87.6 cm³/mol. The molecule has 2 heterocycles. The van der Waals surface area contributed by atoms with Crippen molar-refractivity contribution >= 4 is 34.3 Å². The van der Waals surface area contributed by atoms with Gasteiger partial charge in [-0.1, -0.05) is 0 Å². The molecule has 0 radical (unpaired) electrons. The molecule has 1 aliphatic heterocycles. The van der Waals surface area contributed by atoms with Gasteiger partial charge in [0.15, 0.2) is 5.13 Å². The summed E-state index contributed by atoms with van der Waals surface area (Å²) < 4.78 is 9.81. The van der Waals surface area contributed by atoms with Gasteiger partial charge in [0.2, 0.25) is 11.8 Å². The molecule has 0 aromatic carbocycles. The van der Waals surface area contributed by atoms with E-state index >= 15 is 0 Å². The van der Waals surface area contributed by atoms with Crippen molar-refractivity contribution in [1.29, 1.82) is 0 Å². The molecular weight excluding hydrogens is 334 g/mol. The molecule has 0 aliphatic carbocycles. The molecule has 1 atom stereocenters. The Hall–Kier alpha value is -2.00. The summed E-state index contributed by atoms with van der Waals surface area (Å²) >= 11 is 1.24. The Morgan fingerprint density at radius 3 is 3.00 bits per heavy atom. The van der Waals surface area contributed by atoms with Crippen molar-refractivity contribution in [2.24, 2.45) is 5.92 Å². The van der Waals surface area contributed by atoms with Gasteiger partial charge in [-0.25, -0.2) is 4.98 Å². The number of methoxy groups -OCH3 is 1. The van der Waals surface area contributed by atoms with Crippen LogP contribution >= 0.6 is 11.3 Å². The van der Waals surface area contributed by atoms with Crippen LogP contribution in [0.25, 0.3) is 0 Å². The highest BCUT2D eigenvalue weighted by Gasteiger charge is 2.34. The van der Waals surface area contributed by atoms with Crippen LogP contribution in [0.5, 0.6) is 0 Å². The van der Waals surface area contributed by atoms with Crippen molar-refractivity contribution in [2.45, 2.75) is 19.8 Å². The number of anilines is 1. The number of esters is 1. The zero-order valence-electron chi connectivity index (χ0n) is 13.7. The summed E-state index contributed by atoms with van der Waals surface area (Å²) in [5.74, 6) is -1.03. The van der Waals surface area contributed by atoms with Gasteiger partial charge >= 0.3 is 5.97 Å². The number of nitrogens with one attached hydrogen (secondary N) is 1. The predicted octanol–water partition coefficient (Wildman–Crippen LogP) is 0.682. The van der Waals surface area contributed by atoms with E-state index in [0.717, 1.165) is 0 Å². The number of nitrogens with zero attached hydrogens (tertiary/aromatic N) is 2. The van der Waals surface area contributed by atoms with E-state index < -0.39 is 5.92 Å². The Labute approximate surface area is 144 Å². The first-order valence-electron chi connectivity index (χ1n) is 7.71. The number of aromatic nitrogens is 1. The summed E-state index contributed by atoms with van der Waals surface area (Å²) in [6, 6.07) is 0. The fourth-order valence-corrected chi connectivity index (χ4v) is 3.09. The smallest absolute Gasteiger partial charge is 0.311 e. The molecule has 1 unspecified atom stereocenters. The maximum atomic E-state index is 12.3. The molecule has 1 N–H and O–H groups in total. The average Bonchev–Trinajstić information content (AvgIpc) is 3.12. The van der Waals surface area contributed by atoms with E-state index in [1.165, 1.54) is 11.3 Å². The van der Waals surface area contributed by atoms with Crippen LogP contribution in [0.3, 0.4) is 0 Å². The molecule has 0 saturated carbocycles. The second kappa shape index (κ2) is 8.74. The first kappa shape index (κ1) is 18.3. The Morgan fingerprint density at radius 1 is 1.50 bits per heavy atom. The molecule has 0 bridgehead atoms. The number of hydrogen-bond donors (Lipinski definition) is 1. The third-order valence-electron chi connectivity index (χ3n) is 3.56. The van der Waals surface area contributed by atoms with Gasteiger partial charge < -0.3 is 19.7 Å². The Bertz CT molecular complexity index is 604. The Kier molecular flexibility index (Phi) is 6.68. The highest BCUT2D eigenvalue weighted by atomic mass is 32.1. The van der Waals surface area contributed by atoms with Gasteiger partial charge in [0.25, 0.3) is 0 Å². The maximum absolute atomic E-state index is 12.3. The molecule has 0 spiro atoms. The molecule has 132 valence electrons. The van der Waals surface area contributed by atoms with Gasteiger partial charge in [-0.2, -0.15) is 0 Å². The summed E-state index contributed by atoms with van der Waals surface area (Å²) in [6.45, 7) is 3.38. The molecule has 1 fully saturated rings. The van der Waals surface area contributed by atoms with Gasteiger partial charge in [-0.3, -0.25) is 14.4 Å². The van der Waals surface area contributed by atoms with Gasteiger partial charge in [-0.05, 0) is 6.92 Å². The molecule has 1 saturated heterocycles. The molecule has 9 heteroatoms. The molecule has 2 rings (SSSR count). The van der Waals surface area contributed by atoms with Gasteiger partial charge in [0, 0.05) is 32.0 Å². The molecule has 1 aromatic heterocycles. The van der Waals surface area contributed by atoms with Crippen molar-refractivity contribution < 1.29 is 23.9 Å². The van der Waals surface area contributed by atoms with Crippen molar-refractivity contribution in [3.8, 4) is 0 Å². The molecule has 24 heavy (non-hydrogen) atoms. The third-order valence-corrected chi connectivity index (χ3v) is 4.37. The summed E-state index contributed by atoms with van der Waals surface area (Å²) in [5, 5.41) is 4.84. The van der Waals surface area contributed by atoms with E-state index in [4.69, 9.17) is 9.47 Å². The summed E-state index contributed by atoms with van der Waals surface area (Å²) in [6.07, 6.45) is 0.267. The zero-order valence-corrected chi connectivity index (χ0v) is 14.6. The van der Waals surface area contributed by atoms with Crippen molar-refractivity contribution in [3.05, 3.63) is 11.1 Å². The lowest BCUT2D eigenvalue weighted by molar-refractivity contribution is -0.142. The number of likely N-dealkylation sites (tertiary alicyclic amines) is 1. The van der Waals surface area contributed by atoms with Crippen LogP contribution in [0.1, 0.15) is 19.0 Å². The van der Waals surface area contributed by atoms with E-state index in [1.807, 2.05) is 0 Å². The van der Waals surface area contributed by atoms with Crippen LogP contribution in [0.4, 0.5) is 5.13 Å². The van der Waals surface area contributed by atoms with E-state index in [0.29, 0.717) is 37.1 Å². The van der Waals surface area contributed by atoms with E-state index in [1.54, 1.807) is 24.3 Å². The summed E-state index contributed by atoms with van der Waals surface area (Å²) in [5.41, 5.74) is 0.554. The lowest BCUT2D eigenvalue weighted by Crippen LogP contribution is -2.30. The first-order valence-corrected chi connectivity index (χ1v) is 8.59. The molecule has 1 aliphatic rings. The SMILES string of the molecule is CCOC(=O)Cc1csc(NC(=O)C2CC(=O)N(CCOC)C2)n1. The van der Waals surface area contributed by atoms with Crippen molar-refractivity contribution in [3.63, 3.8) is 0 Å². The van der Waals surface area contributed by atoms with Crippen LogP contribution in [-0.2, 0) is 30.3 Å². The van der Waals surface area contributed by atoms with Crippen LogP contribution in [0.15, 0.2) is 5.38 Å². The number of carbonyl (C=O) groups excluding carboxylic acids is 3. The minimum Gasteiger partial charge on any atom is -0.466 e. The average molecular weight is 355 g/mol. The number of ether oxygens (including phenoxy) is 2. The summed E-state index contributed by atoms with van der Waals surface area (Å²) in [7, 11) is 1.57. The fraction of sp³-hybridized carbons (Fsp3) is 0.600. The topological polar surface area (TPSA) is 97.8 Å². The van der Waals surface area contributed by atoms with E-state index in [2.05, 4.69) is 10.3 Å². The monoisotopic (exact) mass is 355 g/mol. The van der Waals surface area contributed by atoms with Crippen molar-refractivity contribution in [2.75, 3.05) is 38.7 Å². The van der Waals surface area contributed by atoms with Crippen LogP contribution in [0.2, 0.25) is 0 Å². The van der Waals surface area contributed by atoms with E-state index in [9.17, 15) is 14.4 Å². The van der Waals surface area contributed by atoms with Crippen LogP contribution in [-0.4, -0.2) is 61.1 Å². The standard InChI is InChI=1S/C15H21N3O5S/c1-3-23-13(20)7-11-9-24-15(16-11)17-14(21)10-6-12(19)18(8-10)4-5-22-2/h9-10H,3-8H2,1-2H3,(H,16,17,21). The fourth-order valence-electron chi connectivity index (χ4n) is 2.38. The second-order valence-corrected chi connectivity index (χ2v) is 6.21. The zero-order chi connectivity index (χ0) is 17.5. The Balaban J connectivity index is 1.85. The van der Waals surface area contributed by atoms with Crippen molar-refractivity contribution in [1.82, 2.24) is 9.88 Å². The number of carbonyl (C=O) groups is 3. The van der Waals surface area contributed by atoms with Gasteiger partial charge in [-0.15, -0.1) is 11.3 Å². The van der Waals surface area contributed by atoms with Gasteiger partial charge in [0.1, 0.15) is 0 Å². The lowest BCUT2D eigenvalue weighted by atomic mass is 10.1. The number of rotatable bonds is 8. The lowest BCUT2D eigenvalue weighted by Gasteiger charge is -2.15. The number of thiazole rings is 1. The minimum atomic E-state index is -0.397. The highest BCUT2D eigenvalue weighted by molar-refractivity contribution is 7.13. The molecular formula is C15H21N3O5S. The Morgan fingerprint density at radius 2 is 2.29 bits per heavy atom. The highest BCUT2D eigenvalue weighted by Crippen LogP contribution is 2.21. The van der Waals surface area contributed by atoms with Crippen LogP contribution < -0.4 is 5.32 Å². The largest absolute Gasteiger partial charge is 0.466 e. The third kappa shape index (κ3) is 5.00. The van der Waals surface area contributed by atoms with E-state index in [-0.39, 0.29) is 30.6 Å². The number of hydrogen-bond acceptors (Lipinski definition) is 7. The quantitative estimate of drug-likeness (QED) is 0.689. The van der Waals surface area contributed by atoms with Gasteiger partial charge in [0.05, 0.1) is 31.2 Å². The van der Waals surface area contributed by atoms with Crippen LogP contribution in [0, 0.1) is 5.92 Å².